The quantitative estimate of drug-likeness (QED) is 0.183. The normalized spacial score (nSPS) is 24.3. The zero-order valence-corrected chi connectivity index (χ0v) is 16.9. The molecular weight excluding hydrogens is 393 g/mol. The maximum absolute atomic E-state index is 12.8. The van der Waals surface area contributed by atoms with E-state index in [2.05, 4.69) is 5.32 Å². The number of carboxylic acids is 1. The molecule has 1 heterocycles. The highest BCUT2D eigenvalue weighted by Gasteiger charge is 2.56. The lowest BCUT2D eigenvalue weighted by molar-refractivity contribution is -0.149. The molecule has 0 saturated carbocycles. The number of nitrogens with one attached hydrogen (secondary N) is 1. The van der Waals surface area contributed by atoms with Crippen LogP contribution in [-0.4, -0.2) is 96.0 Å². The number of likely N-dealkylation sites (N-methyl/N-ethyl adjacent to an activating group) is 1. The van der Waals surface area contributed by atoms with Crippen LogP contribution in [0.3, 0.4) is 0 Å². The molecule has 0 aromatic carbocycles. The van der Waals surface area contributed by atoms with Crippen LogP contribution in [0.4, 0.5) is 0 Å². The number of carboxylic acid groups (broad SMARTS) is 1. The van der Waals surface area contributed by atoms with Gasteiger partial charge in [0.15, 0.2) is 5.54 Å². The first kappa shape index (κ1) is 24.8. The topological polar surface area (TPSA) is 200 Å². The maximum Gasteiger partial charge on any atom is 0.451 e. The molecule has 0 aromatic rings. The average molecular weight is 423 g/mol. The van der Waals surface area contributed by atoms with E-state index in [9.17, 15) is 23.1 Å². The van der Waals surface area contributed by atoms with E-state index >= 15 is 0 Å². The van der Waals surface area contributed by atoms with E-state index in [0.29, 0.717) is 0 Å². The molecule has 1 amide bonds. The Hall–Kier alpha value is -1.29. The summed E-state index contributed by atoms with van der Waals surface area (Å²) in [5.74, 6) is -2.88. The van der Waals surface area contributed by atoms with Gasteiger partial charge in [0.25, 0.3) is 10.2 Å². The van der Waals surface area contributed by atoms with Crippen LogP contribution in [0.25, 0.3) is 0 Å². The Morgan fingerprint density at radius 1 is 1.43 bits per heavy atom. The number of aliphatic carboxylic acids is 1. The summed E-state index contributed by atoms with van der Waals surface area (Å²) in [6.07, 6.45) is 0.390. The van der Waals surface area contributed by atoms with E-state index in [1.54, 1.807) is 0 Å². The smallest absolute Gasteiger partial charge is 0.451 e. The Labute approximate surface area is 165 Å². The number of nitrogens with two attached hydrogens (primary N) is 2. The zero-order chi connectivity index (χ0) is 21.7. The lowest BCUT2D eigenvalue weighted by atomic mass is 9.78. The van der Waals surface area contributed by atoms with Crippen LogP contribution in [0.2, 0.25) is 6.32 Å². The molecule has 12 nitrogen and oxygen atoms in total. The van der Waals surface area contributed by atoms with Gasteiger partial charge < -0.3 is 31.9 Å². The van der Waals surface area contributed by atoms with Crippen molar-refractivity contribution in [2.45, 2.75) is 37.7 Å². The third-order valence-corrected chi connectivity index (χ3v) is 6.77. The molecule has 0 spiro atoms. The van der Waals surface area contributed by atoms with Gasteiger partial charge in [0.1, 0.15) is 0 Å². The van der Waals surface area contributed by atoms with E-state index in [-0.39, 0.29) is 38.8 Å². The fourth-order valence-corrected chi connectivity index (χ4v) is 4.66. The largest absolute Gasteiger partial charge is 0.479 e. The average Bonchev–Trinajstić information content (AvgIpc) is 2.95. The van der Waals surface area contributed by atoms with Crippen molar-refractivity contribution in [3.05, 3.63) is 0 Å². The van der Waals surface area contributed by atoms with Crippen LogP contribution < -0.4 is 16.8 Å². The third-order valence-electron chi connectivity index (χ3n) is 4.87. The van der Waals surface area contributed by atoms with Crippen molar-refractivity contribution in [3.63, 3.8) is 0 Å². The molecule has 0 unspecified atom stereocenters. The minimum Gasteiger partial charge on any atom is -0.479 e. The molecule has 1 rings (SSSR count). The highest BCUT2D eigenvalue weighted by molar-refractivity contribution is 7.86. The van der Waals surface area contributed by atoms with Gasteiger partial charge in [0.05, 0.1) is 6.04 Å². The van der Waals surface area contributed by atoms with Gasteiger partial charge in [-0.1, -0.05) is 6.42 Å². The highest BCUT2D eigenvalue weighted by atomic mass is 32.2. The number of nitrogens with zero attached hydrogens (tertiary/aromatic N) is 2. The van der Waals surface area contributed by atoms with Crippen LogP contribution >= 0.6 is 0 Å². The van der Waals surface area contributed by atoms with Gasteiger partial charge >= 0.3 is 13.1 Å². The summed E-state index contributed by atoms with van der Waals surface area (Å²) in [7, 11) is -4.22. The summed E-state index contributed by atoms with van der Waals surface area (Å²) in [4.78, 5) is 24.3. The van der Waals surface area contributed by atoms with E-state index in [4.69, 9.17) is 21.5 Å². The fourth-order valence-electron chi connectivity index (χ4n) is 3.20. The van der Waals surface area contributed by atoms with Crippen molar-refractivity contribution in [2.24, 2.45) is 17.4 Å². The number of amides is 1. The fraction of sp³-hybridized carbons (Fsp3) is 0.857. The van der Waals surface area contributed by atoms with Crippen molar-refractivity contribution in [1.29, 1.82) is 0 Å². The molecule has 162 valence electrons. The molecule has 0 radical (unpaired) electrons. The minimum atomic E-state index is -3.99. The summed E-state index contributed by atoms with van der Waals surface area (Å²) >= 11 is 0. The number of carbonyl (C=O) groups is 2. The van der Waals surface area contributed by atoms with E-state index in [1.807, 2.05) is 0 Å². The van der Waals surface area contributed by atoms with Gasteiger partial charge in [0, 0.05) is 39.1 Å². The summed E-state index contributed by atoms with van der Waals surface area (Å²) in [6.45, 7) is 0.911. The van der Waals surface area contributed by atoms with Crippen molar-refractivity contribution < 1.29 is 33.2 Å². The van der Waals surface area contributed by atoms with Gasteiger partial charge in [0.2, 0.25) is 5.91 Å². The lowest BCUT2D eigenvalue weighted by Gasteiger charge is -2.32. The molecule has 0 aliphatic carbocycles. The van der Waals surface area contributed by atoms with Gasteiger partial charge in [-0.15, -0.1) is 0 Å². The summed E-state index contributed by atoms with van der Waals surface area (Å²) in [5, 5.41) is 30.4. The van der Waals surface area contributed by atoms with Crippen molar-refractivity contribution in [2.75, 3.05) is 33.2 Å². The molecular formula is C14H30BN5O7S. The second-order valence-corrected chi connectivity index (χ2v) is 9.11. The van der Waals surface area contributed by atoms with Crippen LogP contribution in [0.1, 0.15) is 19.8 Å². The van der Waals surface area contributed by atoms with Gasteiger partial charge in [-0.3, -0.25) is 4.79 Å². The molecule has 0 aromatic heterocycles. The van der Waals surface area contributed by atoms with E-state index in [0.717, 1.165) is 8.61 Å². The first-order valence-electron chi connectivity index (χ1n) is 8.97. The number of carbonyl (C=O) groups excluding carboxylic acids is 1. The van der Waals surface area contributed by atoms with Crippen LogP contribution in [0, 0.1) is 5.92 Å². The molecule has 0 bridgehead atoms. The zero-order valence-electron chi connectivity index (χ0n) is 16.1. The predicted molar refractivity (Wildman–Crippen MR) is 102 cm³/mol. The van der Waals surface area contributed by atoms with Gasteiger partial charge in [-0.2, -0.15) is 17.0 Å². The molecule has 28 heavy (non-hydrogen) atoms. The first-order chi connectivity index (χ1) is 12.9. The standard InChI is InChI=1S/C14H30BN5O7S/c1-10(17)12(21)18-14(13(22)23)9-20(28(26,27)19(2)7-6-16)8-11(14)4-3-5-15(24)25/h10-11,24-25H,3-9,16-17H2,1-2H3,(H,18,21)(H,22,23)/t10-,11-,14-/m0/s1. The first-order valence-corrected chi connectivity index (χ1v) is 10.4. The molecule has 1 fully saturated rings. The van der Waals surface area contributed by atoms with Crippen LogP contribution in [0.5, 0.6) is 0 Å². The molecule has 1 saturated heterocycles. The molecule has 1 aliphatic heterocycles. The van der Waals surface area contributed by atoms with Crippen molar-refractivity contribution in [3.8, 4) is 0 Å². The van der Waals surface area contributed by atoms with Crippen LogP contribution in [-0.2, 0) is 19.8 Å². The van der Waals surface area contributed by atoms with Crippen LogP contribution in [0.15, 0.2) is 0 Å². The summed E-state index contributed by atoms with van der Waals surface area (Å²) < 4.78 is 27.6. The Kier molecular flexibility index (Phi) is 8.80. The predicted octanol–water partition coefficient (Wildman–Crippen LogP) is -3.41. The highest BCUT2D eigenvalue weighted by Crippen LogP contribution is 2.34. The second kappa shape index (κ2) is 9.96. The number of hydrogen-bond donors (Lipinski definition) is 6. The molecule has 3 atom stereocenters. The van der Waals surface area contributed by atoms with Crippen molar-refractivity contribution in [1.82, 2.24) is 13.9 Å². The summed E-state index contributed by atoms with van der Waals surface area (Å²) in [5.41, 5.74) is 9.08. The Bertz CT molecular complexity index is 662. The number of rotatable bonds is 11. The Balaban J connectivity index is 3.22. The molecule has 1 aliphatic rings. The SMILES string of the molecule is C[C@H](N)C(=O)N[C@@]1(C(=O)O)CN(S(=O)(=O)N(C)CCN)C[C@@H]1CCCB(O)O. The molecule has 14 heteroatoms. The summed E-state index contributed by atoms with van der Waals surface area (Å²) in [6, 6.07) is -0.985. The Morgan fingerprint density at radius 3 is 2.50 bits per heavy atom. The van der Waals surface area contributed by atoms with Crippen molar-refractivity contribution >= 4 is 29.2 Å². The number of hydrogen-bond acceptors (Lipinski definition) is 8. The third kappa shape index (κ3) is 5.62. The second-order valence-electron chi connectivity index (χ2n) is 7.07. The van der Waals surface area contributed by atoms with E-state index in [1.165, 1.54) is 14.0 Å². The monoisotopic (exact) mass is 423 g/mol. The van der Waals surface area contributed by atoms with Gasteiger partial charge in [-0.25, -0.2) is 4.79 Å². The molecule has 8 N–H and O–H groups in total. The maximum atomic E-state index is 12.8. The Morgan fingerprint density at radius 2 is 2.04 bits per heavy atom. The minimum absolute atomic E-state index is 0.00668. The van der Waals surface area contributed by atoms with E-state index < -0.39 is 53.2 Å². The van der Waals surface area contributed by atoms with Gasteiger partial charge in [-0.05, 0) is 19.7 Å². The lowest BCUT2D eigenvalue weighted by Crippen LogP contribution is -2.62.